The average Bonchev–Trinajstić information content (AvgIpc) is 3.25. The van der Waals surface area contributed by atoms with Crippen LogP contribution in [0.4, 0.5) is 10.5 Å². The van der Waals surface area contributed by atoms with Crippen LogP contribution in [0, 0.1) is 6.92 Å². The van der Waals surface area contributed by atoms with Gasteiger partial charge in [0.15, 0.2) is 5.11 Å². The largest absolute Gasteiger partial charge is 0.331 e. The molecule has 0 aromatic heterocycles. The summed E-state index contributed by atoms with van der Waals surface area (Å²) in [6, 6.07) is 5.58. The Kier molecular flexibility index (Phi) is 6.36. The molecular formula is C20H27N5O3S. The topological polar surface area (TPSA) is 103 Å². The second-order valence-electron chi connectivity index (χ2n) is 7.52. The van der Waals surface area contributed by atoms with Crippen molar-refractivity contribution in [1.29, 1.82) is 0 Å². The number of rotatable bonds is 5. The number of thiocarbonyl (C=S) groups is 1. The number of nitrogens with one attached hydrogen (secondary N) is 4. The maximum absolute atomic E-state index is 12.6. The zero-order chi connectivity index (χ0) is 21.0. The minimum absolute atomic E-state index is 0.00454. The number of anilines is 1. The number of hydrogen-bond donors (Lipinski definition) is 4. The molecule has 0 radical (unpaired) electrons. The third-order valence-corrected chi connectivity index (χ3v) is 5.76. The number of amides is 4. The SMILES string of the molecule is CCc1cccc(C)c1NC(=S)NNC(=O)CCN1C(=O)NC2(CCCC2)C1=O. The molecule has 2 fully saturated rings. The quantitative estimate of drug-likeness (QED) is 0.333. The van der Waals surface area contributed by atoms with Crippen LogP contribution < -0.4 is 21.5 Å². The Labute approximate surface area is 175 Å². The Morgan fingerprint density at radius 1 is 1.24 bits per heavy atom. The smallest absolute Gasteiger partial charge is 0.325 e. The molecule has 0 atom stereocenters. The van der Waals surface area contributed by atoms with E-state index in [0.29, 0.717) is 12.8 Å². The number of hydrazine groups is 1. The van der Waals surface area contributed by atoms with E-state index in [1.54, 1.807) is 0 Å². The highest BCUT2D eigenvalue weighted by Gasteiger charge is 2.52. The standard InChI is InChI=1S/C20H27N5O3S/c1-3-14-8-6-7-13(2)16(14)21-18(29)24-23-15(26)9-12-25-17(27)20(22-19(25)28)10-4-5-11-20/h6-8H,3-5,9-12H2,1-2H3,(H,22,28)(H,23,26)(H2,21,24,29). The van der Waals surface area contributed by atoms with Gasteiger partial charge in [-0.2, -0.15) is 0 Å². The zero-order valence-electron chi connectivity index (χ0n) is 16.8. The Morgan fingerprint density at radius 3 is 2.66 bits per heavy atom. The molecule has 1 aromatic carbocycles. The van der Waals surface area contributed by atoms with Crippen molar-refractivity contribution in [2.24, 2.45) is 0 Å². The van der Waals surface area contributed by atoms with Gasteiger partial charge in [-0.25, -0.2) is 4.79 Å². The first-order chi connectivity index (χ1) is 13.9. The number of nitrogens with zero attached hydrogens (tertiary/aromatic N) is 1. The lowest BCUT2D eigenvalue weighted by molar-refractivity contribution is -0.131. The summed E-state index contributed by atoms with van der Waals surface area (Å²) in [5.41, 5.74) is 7.54. The van der Waals surface area contributed by atoms with Crippen molar-refractivity contribution in [2.45, 2.75) is 57.9 Å². The fourth-order valence-corrected chi connectivity index (χ4v) is 4.10. The fraction of sp³-hybridized carbons (Fsp3) is 0.500. The van der Waals surface area contributed by atoms with Crippen molar-refractivity contribution in [3.05, 3.63) is 29.3 Å². The van der Waals surface area contributed by atoms with Crippen molar-refractivity contribution in [1.82, 2.24) is 21.1 Å². The second-order valence-corrected chi connectivity index (χ2v) is 7.92. The number of hydrogen-bond acceptors (Lipinski definition) is 4. The fourth-order valence-electron chi connectivity index (χ4n) is 3.95. The molecule has 1 heterocycles. The van der Waals surface area contributed by atoms with Gasteiger partial charge in [0.25, 0.3) is 5.91 Å². The van der Waals surface area contributed by atoms with Crippen LogP contribution in [-0.4, -0.2) is 39.9 Å². The van der Waals surface area contributed by atoms with Gasteiger partial charge in [-0.3, -0.25) is 25.3 Å². The molecule has 2 aliphatic rings. The number of benzene rings is 1. The van der Waals surface area contributed by atoms with E-state index in [1.807, 2.05) is 25.1 Å². The van der Waals surface area contributed by atoms with E-state index in [-0.39, 0.29) is 29.9 Å². The highest BCUT2D eigenvalue weighted by Crippen LogP contribution is 2.35. The summed E-state index contributed by atoms with van der Waals surface area (Å²) < 4.78 is 0. The van der Waals surface area contributed by atoms with Gasteiger partial charge in [0, 0.05) is 18.7 Å². The van der Waals surface area contributed by atoms with Gasteiger partial charge in [-0.05, 0) is 49.5 Å². The molecular weight excluding hydrogens is 390 g/mol. The number of para-hydroxylation sites is 1. The molecule has 4 N–H and O–H groups in total. The van der Waals surface area contributed by atoms with Gasteiger partial charge in [0.05, 0.1) is 0 Å². The molecule has 1 aromatic rings. The summed E-state index contributed by atoms with van der Waals surface area (Å²) in [6.45, 7) is 4.08. The molecule has 29 heavy (non-hydrogen) atoms. The van der Waals surface area contributed by atoms with Gasteiger partial charge in [-0.15, -0.1) is 0 Å². The van der Waals surface area contributed by atoms with E-state index >= 15 is 0 Å². The number of carbonyl (C=O) groups excluding carboxylic acids is 3. The highest BCUT2D eigenvalue weighted by molar-refractivity contribution is 7.80. The van der Waals surface area contributed by atoms with Crippen LogP contribution in [0.5, 0.6) is 0 Å². The molecule has 156 valence electrons. The normalized spacial score (nSPS) is 17.4. The van der Waals surface area contributed by atoms with Gasteiger partial charge < -0.3 is 10.6 Å². The minimum atomic E-state index is -0.748. The van der Waals surface area contributed by atoms with Crippen LogP contribution in [-0.2, 0) is 16.0 Å². The molecule has 1 aliphatic heterocycles. The Morgan fingerprint density at radius 2 is 1.97 bits per heavy atom. The molecule has 0 unspecified atom stereocenters. The molecule has 3 rings (SSSR count). The zero-order valence-corrected chi connectivity index (χ0v) is 17.6. The predicted octanol–water partition coefficient (Wildman–Crippen LogP) is 2.13. The lowest BCUT2D eigenvalue weighted by Crippen LogP contribution is -2.46. The van der Waals surface area contributed by atoms with Crippen molar-refractivity contribution in [2.75, 3.05) is 11.9 Å². The number of imide groups is 1. The summed E-state index contributed by atoms with van der Waals surface area (Å²) in [6.07, 6.45) is 4.04. The Hall–Kier alpha value is -2.68. The van der Waals surface area contributed by atoms with Gasteiger partial charge >= 0.3 is 6.03 Å². The van der Waals surface area contributed by atoms with Gasteiger partial charge in [0.1, 0.15) is 5.54 Å². The van der Waals surface area contributed by atoms with E-state index < -0.39 is 11.6 Å². The molecule has 1 saturated carbocycles. The van der Waals surface area contributed by atoms with E-state index in [9.17, 15) is 14.4 Å². The van der Waals surface area contributed by atoms with Crippen molar-refractivity contribution in [3.63, 3.8) is 0 Å². The van der Waals surface area contributed by atoms with Crippen LogP contribution in [0.2, 0.25) is 0 Å². The first-order valence-electron chi connectivity index (χ1n) is 9.95. The summed E-state index contributed by atoms with van der Waals surface area (Å²) in [7, 11) is 0. The van der Waals surface area contributed by atoms with Crippen LogP contribution >= 0.6 is 12.2 Å². The number of carbonyl (C=O) groups is 3. The summed E-state index contributed by atoms with van der Waals surface area (Å²) in [5.74, 6) is -0.577. The summed E-state index contributed by atoms with van der Waals surface area (Å²) in [4.78, 5) is 38.0. The highest BCUT2D eigenvalue weighted by atomic mass is 32.1. The third kappa shape index (κ3) is 4.50. The van der Waals surface area contributed by atoms with Gasteiger partial charge in [-0.1, -0.05) is 38.0 Å². The van der Waals surface area contributed by atoms with Crippen molar-refractivity contribution >= 4 is 40.9 Å². The van der Waals surface area contributed by atoms with E-state index in [2.05, 4.69) is 28.4 Å². The lowest BCUT2D eigenvalue weighted by Gasteiger charge is -2.20. The van der Waals surface area contributed by atoms with E-state index in [0.717, 1.165) is 41.0 Å². The van der Waals surface area contributed by atoms with E-state index in [1.165, 1.54) is 0 Å². The van der Waals surface area contributed by atoms with Crippen LogP contribution in [0.15, 0.2) is 18.2 Å². The first kappa shape index (κ1) is 21.0. The van der Waals surface area contributed by atoms with E-state index in [4.69, 9.17) is 12.2 Å². The average molecular weight is 418 g/mol. The molecule has 1 aliphatic carbocycles. The van der Waals surface area contributed by atoms with Crippen molar-refractivity contribution < 1.29 is 14.4 Å². The first-order valence-corrected chi connectivity index (χ1v) is 10.4. The Balaban J connectivity index is 1.46. The molecule has 1 spiro atoms. The Bertz CT molecular complexity index is 835. The van der Waals surface area contributed by atoms with Crippen LogP contribution in [0.3, 0.4) is 0 Å². The third-order valence-electron chi connectivity index (χ3n) is 5.56. The van der Waals surface area contributed by atoms with Crippen LogP contribution in [0.1, 0.15) is 50.2 Å². The molecule has 4 amide bonds. The summed E-state index contributed by atoms with van der Waals surface area (Å²) >= 11 is 5.25. The number of aryl methyl sites for hydroxylation is 2. The monoisotopic (exact) mass is 417 g/mol. The maximum atomic E-state index is 12.6. The molecule has 8 nitrogen and oxygen atoms in total. The number of urea groups is 1. The maximum Gasteiger partial charge on any atom is 0.325 e. The lowest BCUT2D eigenvalue weighted by atomic mass is 9.98. The minimum Gasteiger partial charge on any atom is -0.331 e. The second kappa shape index (κ2) is 8.77. The summed E-state index contributed by atoms with van der Waals surface area (Å²) in [5, 5.41) is 6.18. The van der Waals surface area contributed by atoms with Gasteiger partial charge in [0.2, 0.25) is 5.91 Å². The predicted molar refractivity (Wildman–Crippen MR) is 114 cm³/mol. The van der Waals surface area contributed by atoms with Crippen molar-refractivity contribution in [3.8, 4) is 0 Å². The molecule has 1 saturated heterocycles. The molecule has 9 heteroatoms. The van der Waals surface area contributed by atoms with Crippen LogP contribution in [0.25, 0.3) is 0 Å². The molecule has 0 bridgehead atoms.